The van der Waals surface area contributed by atoms with Crippen LogP contribution in [-0.4, -0.2) is 57.2 Å². The van der Waals surface area contributed by atoms with Crippen LogP contribution in [0.1, 0.15) is 44.9 Å². The van der Waals surface area contributed by atoms with Gasteiger partial charge in [-0.1, -0.05) is 19.3 Å². The summed E-state index contributed by atoms with van der Waals surface area (Å²) >= 11 is 0. The van der Waals surface area contributed by atoms with Gasteiger partial charge < -0.3 is 4.90 Å². The third kappa shape index (κ3) is 3.46. The highest BCUT2D eigenvalue weighted by Gasteiger charge is 2.39. The van der Waals surface area contributed by atoms with Gasteiger partial charge in [0.25, 0.3) is 0 Å². The zero-order valence-corrected chi connectivity index (χ0v) is 14.5. The third-order valence-electron chi connectivity index (χ3n) is 5.70. The molecule has 1 aromatic heterocycles. The van der Waals surface area contributed by atoms with Crippen LogP contribution in [0.5, 0.6) is 0 Å². The molecule has 0 bridgehead atoms. The maximum absolute atomic E-state index is 12.8. The van der Waals surface area contributed by atoms with Crippen molar-refractivity contribution in [3.63, 3.8) is 0 Å². The molecule has 1 amide bonds. The maximum atomic E-state index is 12.8. The van der Waals surface area contributed by atoms with Crippen LogP contribution in [0.3, 0.4) is 0 Å². The molecule has 0 N–H and O–H groups in total. The molecule has 1 aliphatic carbocycles. The highest BCUT2D eigenvalue weighted by Crippen LogP contribution is 2.32. The molecular weight excluding hydrogens is 302 g/mol. The lowest BCUT2D eigenvalue weighted by Crippen LogP contribution is -2.53. The van der Waals surface area contributed by atoms with Crippen molar-refractivity contribution in [3.8, 4) is 6.07 Å². The van der Waals surface area contributed by atoms with E-state index in [4.69, 9.17) is 0 Å². The Morgan fingerprint density at radius 2 is 2.17 bits per heavy atom. The Morgan fingerprint density at radius 3 is 2.83 bits per heavy atom. The summed E-state index contributed by atoms with van der Waals surface area (Å²) in [6.45, 7) is 2.18. The summed E-state index contributed by atoms with van der Waals surface area (Å²) in [5, 5.41) is 14.0. The number of aromatic nitrogens is 2. The molecule has 6 heteroatoms. The van der Waals surface area contributed by atoms with Gasteiger partial charge in [0.1, 0.15) is 5.54 Å². The topological polar surface area (TPSA) is 65.2 Å². The van der Waals surface area contributed by atoms with Gasteiger partial charge in [-0.3, -0.25) is 14.4 Å². The van der Waals surface area contributed by atoms with E-state index < -0.39 is 5.54 Å². The molecule has 2 fully saturated rings. The summed E-state index contributed by atoms with van der Waals surface area (Å²) in [7, 11) is 1.81. The first-order valence-electron chi connectivity index (χ1n) is 9.04. The number of nitrogens with zero attached hydrogens (tertiary/aromatic N) is 5. The molecule has 0 aromatic carbocycles. The van der Waals surface area contributed by atoms with Crippen LogP contribution in [0.15, 0.2) is 18.5 Å². The van der Waals surface area contributed by atoms with Gasteiger partial charge in [-0.15, -0.1) is 0 Å². The fourth-order valence-electron chi connectivity index (χ4n) is 4.11. The minimum atomic E-state index is -0.591. The number of amides is 1. The molecule has 2 heterocycles. The standard InChI is InChI=1S/C18H27N5O/c1-21(18(15-19)8-3-2-4-9-18)17(24)14-22-11-5-7-16(22)13-23-12-6-10-20-23/h6,10,12,16H,2-5,7-9,11,13-14H2,1H3/t16-/m0/s1. The first-order valence-corrected chi connectivity index (χ1v) is 9.04. The van der Waals surface area contributed by atoms with Crippen molar-refractivity contribution in [3.05, 3.63) is 18.5 Å². The first-order chi connectivity index (χ1) is 11.6. The number of carbonyl (C=O) groups excluding carboxylic acids is 1. The smallest absolute Gasteiger partial charge is 0.237 e. The van der Waals surface area contributed by atoms with E-state index in [0.29, 0.717) is 12.6 Å². The Hall–Kier alpha value is -1.87. The molecule has 1 atom stereocenters. The van der Waals surface area contributed by atoms with Crippen LogP contribution in [0.4, 0.5) is 0 Å². The van der Waals surface area contributed by atoms with Crippen LogP contribution < -0.4 is 0 Å². The normalized spacial score (nSPS) is 23.8. The van der Waals surface area contributed by atoms with Crippen molar-refractivity contribution in [2.45, 2.75) is 63.1 Å². The number of nitriles is 1. The number of hydrogen-bond acceptors (Lipinski definition) is 4. The van der Waals surface area contributed by atoms with E-state index in [1.165, 1.54) is 6.42 Å². The van der Waals surface area contributed by atoms with Crippen LogP contribution in [0.25, 0.3) is 0 Å². The van der Waals surface area contributed by atoms with Crippen LogP contribution in [-0.2, 0) is 11.3 Å². The Bertz CT molecular complexity index is 585. The van der Waals surface area contributed by atoms with Crippen molar-refractivity contribution in [1.29, 1.82) is 5.26 Å². The highest BCUT2D eigenvalue weighted by molar-refractivity contribution is 5.79. The summed E-state index contributed by atoms with van der Waals surface area (Å²) < 4.78 is 1.94. The molecule has 0 spiro atoms. The number of carbonyl (C=O) groups is 1. The Labute approximate surface area is 144 Å². The number of likely N-dealkylation sites (N-methyl/N-ethyl adjacent to an activating group) is 1. The Morgan fingerprint density at radius 1 is 1.38 bits per heavy atom. The highest BCUT2D eigenvalue weighted by atomic mass is 16.2. The van der Waals surface area contributed by atoms with E-state index >= 15 is 0 Å². The van der Waals surface area contributed by atoms with E-state index in [0.717, 1.165) is 51.6 Å². The maximum Gasteiger partial charge on any atom is 0.237 e. The van der Waals surface area contributed by atoms with Crippen molar-refractivity contribution < 1.29 is 4.79 Å². The molecule has 6 nitrogen and oxygen atoms in total. The average Bonchev–Trinajstić information content (AvgIpc) is 3.28. The molecule has 24 heavy (non-hydrogen) atoms. The molecule has 0 unspecified atom stereocenters. The van der Waals surface area contributed by atoms with E-state index in [1.807, 2.05) is 24.0 Å². The molecule has 1 saturated heterocycles. The molecule has 130 valence electrons. The fraction of sp³-hybridized carbons (Fsp3) is 0.722. The zero-order valence-electron chi connectivity index (χ0n) is 14.5. The van der Waals surface area contributed by atoms with E-state index in [-0.39, 0.29) is 5.91 Å². The van der Waals surface area contributed by atoms with Gasteiger partial charge in [0.2, 0.25) is 5.91 Å². The van der Waals surface area contributed by atoms with Gasteiger partial charge in [0.05, 0.1) is 19.2 Å². The minimum Gasteiger partial charge on any atom is -0.326 e. The van der Waals surface area contributed by atoms with Crippen molar-refractivity contribution in [2.75, 3.05) is 20.1 Å². The molecule has 1 saturated carbocycles. The monoisotopic (exact) mass is 329 g/mol. The van der Waals surface area contributed by atoms with Crippen LogP contribution >= 0.6 is 0 Å². The minimum absolute atomic E-state index is 0.0748. The van der Waals surface area contributed by atoms with Gasteiger partial charge in [0, 0.05) is 25.5 Å². The second-order valence-electron chi connectivity index (χ2n) is 7.15. The van der Waals surface area contributed by atoms with E-state index in [2.05, 4.69) is 16.1 Å². The molecular formula is C18H27N5O. The fourth-order valence-corrected chi connectivity index (χ4v) is 4.11. The number of hydrogen-bond donors (Lipinski definition) is 0. The summed E-state index contributed by atoms with van der Waals surface area (Å²) in [5.74, 6) is 0.0748. The van der Waals surface area contributed by atoms with Gasteiger partial charge in [-0.05, 0) is 38.3 Å². The third-order valence-corrected chi connectivity index (χ3v) is 5.70. The quantitative estimate of drug-likeness (QED) is 0.829. The molecule has 0 radical (unpaired) electrons. The lowest BCUT2D eigenvalue weighted by Gasteiger charge is -2.40. The van der Waals surface area contributed by atoms with Gasteiger partial charge >= 0.3 is 0 Å². The zero-order chi connectivity index (χ0) is 17.0. The second kappa shape index (κ2) is 7.35. The average molecular weight is 329 g/mol. The summed E-state index contributed by atoms with van der Waals surface area (Å²) in [6.07, 6.45) is 10.8. The summed E-state index contributed by atoms with van der Waals surface area (Å²) in [5.41, 5.74) is -0.591. The molecule has 3 rings (SSSR count). The molecule has 1 aromatic rings. The van der Waals surface area contributed by atoms with Gasteiger partial charge in [-0.25, -0.2) is 0 Å². The number of likely N-dealkylation sites (tertiary alicyclic amines) is 1. The predicted molar refractivity (Wildman–Crippen MR) is 91.0 cm³/mol. The van der Waals surface area contributed by atoms with Gasteiger partial charge in [0.15, 0.2) is 0 Å². The Kier molecular flexibility index (Phi) is 5.20. The summed E-state index contributed by atoms with van der Waals surface area (Å²) in [4.78, 5) is 16.8. The Balaban J connectivity index is 1.61. The predicted octanol–water partition coefficient (Wildman–Crippen LogP) is 2.03. The first kappa shape index (κ1) is 17.0. The van der Waals surface area contributed by atoms with E-state index in [9.17, 15) is 10.1 Å². The van der Waals surface area contributed by atoms with Crippen molar-refractivity contribution >= 4 is 5.91 Å². The molecule has 2 aliphatic rings. The number of rotatable bonds is 5. The largest absolute Gasteiger partial charge is 0.326 e. The van der Waals surface area contributed by atoms with E-state index in [1.54, 1.807) is 11.1 Å². The lowest BCUT2D eigenvalue weighted by atomic mass is 9.81. The van der Waals surface area contributed by atoms with Crippen LogP contribution in [0.2, 0.25) is 0 Å². The van der Waals surface area contributed by atoms with Crippen LogP contribution in [0, 0.1) is 11.3 Å². The lowest BCUT2D eigenvalue weighted by molar-refractivity contribution is -0.136. The van der Waals surface area contributed by atoms with Crippen molar-refractivity contribution in [1.82, 2.24) is 19.6 Å². The SMILES string of the molecule is CN(C(=O)CN1CCC[C@H]1Cn1cccn1)C1(C#N)CCCCC1. The molecule has 1 aliphatic heterocycles. The summed E-state index contributed by atoms with van der Waals surface area (Å²) in [6, 6.07) is 4.72. The van der Waals surface area contributed by atoms with Crippen molar-refractivity contribution in [2.24, 2.45) is 0 Å². The second-order valence-corrected chi connectivity index (χ2v) is 7.15. The van der Waals surface area contributed by atoms with Gasteiger partial charge in [-0.2, -0.15) is 10.4 Å².